The third kappa shape index (κ3) is 4.39. The van der Waals surface area contributed by atoms with Crippen LogP contribution in [-0.4, -0.2) is 29.4 Å². The topological polar surface area (TPSA) is 74.0 Å². The fourth-order valence-electron chi connectivity index (χ4n) is 3.17. The minimum atomic E-state index is -0.741. The summed E-state index contributed by atoms with van der Waals surface area (Å²) in [4.78, 5) is 28.2. The summed E-state index contributed by atoms with van der Waals surface area (Å²) in [5, 5.41) is 6.66. The molecule has 146 valence electrons. The lowest BCUT2D eigenvalue weighted by molar-refractivity contribution is -0.123. The number of H-pyrrole nitrogens is 1. The van der Waals surface area contributed by atoms with Crippen molar-refractivity contribution in [2.75, 3.05) is 6.54 Å². The van der Waals surface area contributed by atoms with E-state index in [1.54, 1.807) is 6.07 Å². The van der Waals surface area contributed by atoms with Gasteiger partial charge in [-0.3, -0.25) is 9.59 Å². The highest BCUT2D eigenvalue weighted by atomic mass is 19.1. The van der Waals surface area contributed by atoms with Crippen molar-refractivity contribution in [1.82, 2.24) is 15.6 Å². The van der Waals surface area contributed by atoms with E-state index in [4.69, 9.17) is 0 Å². The molecule has 0 radical (unpaired) electrons. The lowest BCUT2D eigenvalue weighted by Gasteiger charge is -2.22. The van der Waals surface area contributed by atoms with Gasteiger partial charge < -0.3 is 15.6 Å². The Morgan fingerprint density at radius 3 is 2.54 bits per heavy atom. The minimum Gasteiger partial charge on any atom is -0.361 e. The second kappa shape index (κ2) is 8.69. The molecule has 0 aliphatic heterocycles. The van der Waals surface area contributed by atoms with Crippen LogP contribution in [-0.2, 0) is 11.2 Å². The zero-order valence-corrected chi connectivity index (χ0v) is 16.0. The molecule has 2 aromatic carbocycles. The van der Waals surface area contributed by atoms with E-state index < -0.39 is 17.8 Å². The molecule has 1 heterocycles. The number of hydrogen-bond acceptors (Lipinski definition) is 2. The van der Waals surface area contributed by atoms with Gasteiger partial charge in [-0.2, -0.15) is 0 Å². The monoisotopic (exact) mass is 381 g/mol. The van der Waals surface area contributed by atoms with Crippen LogP contribution >= 0.6 is 0 Å². The van der Waals surface area contributed by atoms with Crippen molar-refractivity contribution >= 4 is 22.7 Å². The van der Waals surface area contributed by atoms with Gasteiger partial charge in [-0.25, -0.2) is 4.39 Å². The van der Waals surface area contributed by atoms with Crippen molar-refractivity contribution in [2.45, 2.75) is 26.3 Å². The molecule has 0 bridgehead atoms. The molecule has 3 N–H and O–H groups in total. The van der Waals surface area contributed by atoms with Crippen LogP contribution in [0.4, 0.5) is 4.39 Å². The molecule has 5 nitrogen and oxygen atoms in total. The molecule has 0 spiro atoms. The molecule has 3 aromatic rings. The Balaban J connectivity index is 1.60. The Bertz CT molecular complexity index is 981. The van der Waals surface area contributed by atoms with Gasteiger partial charge in [0.25, 0.3) is 5.91 Å². The average molecular weight is 381 g/mol. The number of carbonyl (C=O) groups excluding carboxylic acids is 2. The molecule has 6 heteroatoms. The zero-order valence-electron chi connectivity index (χ0n) is 16.0. The van der Waals surface area contributed by atoms with Crippen molar-refractivity contribution in [1.29, 1.82) is 0 Å². The first-order chi connectivity index (χ1) is 13.5. The number of nitrogens with one attached hydrogen (secondary N) is 3. The minimum absolute atomic E-state index is 0.0697. The van der Waals surface area contributed by atoms with E-state index in [-0.39, 0.29) is 17.4 Å². The highest BCUT2D eigenvalue weighted by molar-refractivity contribution is 5.97. The van der Waals surface area contributed by atoms with Crippen LogP contribution in [0.3, 0.4) is 0 Å². The largest absolute Gasteiger partial charge is 0.361 e. The van der Waals surface area contributed by atoms with E-state index in [0.717, 1.165) is 16.5 Å². The molecule has 1 unspecified atom stereocenters. The molecular weight excluding hydrogens is 357 g/mol. The lowest BCUT2D eigenvalue weighted by atomic mass is 10.0. The summed E-state index contributed by atoms with van der Waals surface area (Å²) in [6, 6.07) is 13.0. The smallest absolute Gasteiger partial charge is 0.254 e. The van der Waals surface area contributed by atoms with Crippen molar-refractivity contribution < 1.29 is 14.0 Å². The number of aromatic amines is 1. The number of fused-ring (bicyclic) bond motifs is 1. The SMILES string of the molecule is CC(C)C(NC(=O)c1ccccc1F)C(=O)NCCc1c[nH]c2ccccc12. The van der Waals surface area contributed by atoms with E-state index in [1.165, 1.54) is 18.2 Å². The number of halogens is 1. The van der Waals surface area contributed by atoms with Crippen LogP contribution in [0.5, 0.6) is 0 Å². The molecule has 1 atom stereocenters. The molecule has 1 aromatic heterocycles. The first-order valence-electron chi connectivity index (χ1n) is 9.35. The molecule has 0 saturated heterocycles. The van der Waals surface area contributed by atoms with Gasteiger partial charge in [-0.1, -0.05) is 44.2 Å². The Kier molecular flexibility index (Phi) is 6.09. The molecule has 3 rings (SSSR count). The normalized spacial score (nSPS) is 12.1. The standard InChI is InChI=1S/C22H24FN3O2/c1-14(2)20(26-21(27)17-8-3-5-9-18(17)23)22(28)24-12-11-15-13-25-19-10-6-4-7-16(15)19/h3-10,13-14,20,25H,11-12H2,1-2H3,(H,24,28)(H,26,27). The maximum Gasteiger partial charge on any atom is 0.254 e. The number of hydrogen-bond donors (Lipinski definition) is 3. The lowest BCUT2D eigenvalue weighted by Crippen LogP contribution is -2.50. The summed E-state index contributed by atoms with van der Waals surface area (Å²) in [7, 11) is 0. The number of para-hydroxylation sites is 1. The van der Waals surface area contributed by atoms with Gasteiger partial charge in [0.15, 0.2) is 0 Å². The van der Waals surface area contributed by atoms with Crippen molar-refractivity contribution in [3.05, 3.63) is 71.7 Å². The summed E-state index contributed by atoms with van der Waals surface area (Å²) < 4.78 is 13.8. The van der Waals surface area contributed by atoms with Gasteiger partial charge in [0.2, 0.25) is 5.91 Å². The molecule has 28 heavy (non-hydrogen) atoms. The quantitative estimate of drug-likeness (QED) is 0.587. The first-order valence-corrected chi connectivity index (χ1v) is 9.35. The highest BCUT2D eigenvalue weighted by Crippen LogP contribution is 2.17. The van der Waals surface area contributed by atoms with Crippen molar-refractivity contribution in [2.24, 2.45) is 5.92 Å². The Hall–Kier alpha value is -3.15. The van der Waals surface area contributed by atoms with Crippen LogP contribution in [0.15, 0.2) is 54.7 Å². The molecule has 2 amide bonds. The van der Waals surface area contributed by atoms with E-state index in [1.807, 2.05) is 44.3 Å². The van der Waals surface area contributed by atoms with Gasteiger partial charge in [0, 0.05) is 23.6 Å². The predicted octanol–water partition coefficient (Wildman–Crippen LogP) is 3.42. The summed E-state index contributed by atoms with van der Waals surface area (Å²) >= 11 is 0. The summed E-state index contributed by atoms with van der Waals surface area (Å²) in [6.07, 6.45) is 2.61. The second-order valence-electron chi connectivity index (χ2n) is 7.08. The van der Waals surface area contributed by atoms with Crippen molar-refractivity contribution in [3.8, 4) is 0 Å². The Labute approximate surface area is 163 Å². The van der Waals surface area contributed by atoms with Crippen LogP contribution in [0.25, 0.3) is 10.9 Å². The average Bonchev–Trinajstić information content (AvgIpc) is 3.09. The van der Waals surface area contributed by atoms with Crippen LogP contribution in [0.2, 0.25) is 0 Å². The highest BCUT2D eigenvalue weighted by Gasteiger charge is 2.25. The molecule has 0 fully saturated rings. The maximum atomic E-state index is 13.8. The third-order valence-corrected chi connectivity index (χ3v) is 4.72. The number of amides is 2. The Morgan fingerprint density at radius 2 is 1.79 bits per heavy atom. The van der Waals surface area contributed by atoms with Crippen LogP contribution < -0.4 is 10.6 Å². The zero-order chi connectivity index (χ0) is 20.1. The summed E-state index contributed by atoms with van der Waals surface area (Å²) in [5.74, 6) is -1.62. The summed E-state index contributed by atoms with van der Waals surface area (Å²) in [6.45, 7) is 4.12. The predicted molar refractivity (Wildman–Crippen MR) is 108 cm³/mol. The van der Waals surface area contributed by atoms with E-state index in [9.17, 15) is 14.0 Å². The van der Waals surface area contributed by atoms with Gasteiger partial charge >= 0.3 is 0 Å². The van der Waals surface area contributed by atoms with E-state index in [2.05, 4.69) is 15.6 Å². The molecule has 0 aliphatic carbocycles. The number of benzene rings is 2. The van der Waals surface area contributed by atoms with E-state index >= 15 is 0 Å². The number of rotatable bonds is 7. The third-order valence-electron chi connectivity index (χ3n) is 4.72. The van der Waals surface area contributed by atoms with Gasteiger partial charge in [0.1, 0.15) is 11.9 Å². The second-order valence-corrected chi connectivity index (χ2v) is 7.08. The van der Waals surface area contributed by atoms with Crippen LogP contribution in [0.1, 0.15) is 29.8 Å². The summed E-state index contributed by atoms with van der Waals surface area (Å²) in [5.41, 5.74) is 2.10. The van der Waals surface area contributed by atoms with Crippen LogP contribution in [0, 0.1) is 11.7 Å². The molecular formula is C22H24FN3O2. The Morgan fingerprint density at radius 1 is 1.07 bits per heavy atom. The van der Waals surface area contributed by atoms with Crippen molar-refractivity contribution in [3.63, 3.8) is 0 Å². The maximum absolute atomic E-state index is 13.8. The molecule has 0 aliphatic rings. The van der Waals surface area contributed by atoms with E-state index in [0.29, 0.717) is 13.0 Å². The fourth-order valence-corrected chi connectivity index (χ4v) is 3.17. The first kappa shape index (κ1) is 19.6. The van der Waals surface area contributed by atoms with Gasteiger partial charge in [0.05, 0.1) is 5.56 Å². The molecule has 0 saturated carbocycles. The van der Waals surface area contributed by atoms with Gasteiger partial charge in [-0.05, 0) is 36.1 Å². The van der Waals surface area contributed by atoms with Gasteiger partial charge in [-0.15, -0.1) is 0 Å². The number of aromatic nitrogens is 1. The fraction of sp³-hybridized carbons (Fsp3) is 0.273. The number of carbonyl (C=O) groups is 2.